The number of phenols is 1. The maximum Gasteiger partial charge on any atom is 0.276 e. The highest BCUT2D eigenvalue weighted by Gasteiger charge is 2.29. The Kier molecular flexibility index (Phi) is 4.89. The van der Waals surface area contributed by atoms with Gasteiger partial charge in [-0.2, -0.15) is 9.90 Å². The predicted octanol–water partition coefficient (Wildman–Crippen LogP) is 2.71. The smallest absolute Gasteiger partial charge is 0.276 e. The van der Waals surface area contributed by atoms with Gasteiger partial charge in [-0.15, -0.1) is 5.10 Å². The highest BCUT2D eigenvalue weighted by atomic mass is 16.3. The van der Waals surface area contributed by atoms with Gasteiger partial charge in [0.15, 0.2) is 11.5 Å². The van der Waals surface area contributed by atoms with Crippen LogP contribution in [0.2, 0.25) is 0 Å². The Morgan fingerprint density at radius 3 is 2.32 bits per heavy atom. The molecule has 1 saturated heterocycles. The van der Waals surface area contributed by atoms with Gasteiger partial charge in [-0.1, -0.05) is 18.2 Å². The Bertz CT molecular complexity index is 974. The van der Waals surface area contributed by atoms with Gasteiger partial charge in [0.05, 0.1) is 11.9 Å². The van der Waals surface area contributed by atoms with Crippen LogP contribution in [-0.4, -0.2) is 49.8 Å². The van der Waals surface area contributed by atoms with Crippen molar-refractivity contribution in [1.82, 2.24) is 19.9 Å². The Labute approximate surface area is 162 Å². The van der Waals surface area contributed by atoms with E-state index >= 15 is 0 Å². The standard InChI is InChI=1S/C21H20N4O3/c26-18-8-6-15(7-9-18)20(27)16-10-12-24(13-11-16)21(28)19-14-22-25(23-19)17-4-2-1-3-5-17/h1-9,14,16,26H,10-13H2. The van der Waals surface area contributed by atoms with Crippen molar-refractivity contribution in [3.05, 3.63) is 72.1 Å². The number of piperidine rings is 1. The molecule has 0 unspecified atom stereocenters. The van der Waals surface area contributed by atoms with E-state index < -0.39 is 0 Å². The molecule has 0 radical (unpaired) electrons. The third-order valence-electron chi connectivity index (χ3n) is 5.00. The molecular formula is C21H20N4O3. The molecule has 1 N–H and O–H groups in total. The third kappa shape index (κ3) is 3.64. The van der Waals surface area contributed by atoms with E-state index in [1.54, 1.807) is 17.0 Å². The summed E-state index contributed by atoms with van der Waals surface area (Å²) in [5.74, 6) is -0.0889. The van der Waals surface area contributed by atoms with Crippen LogP contribution in [0, 0.1) is 5.92 Å². The van der Waals surface area contributed by atoms with E-state index in [0.717, 1.165) is 5.69 Å². The molecule has 2 heterocycles. The van der Waals surface area contributed by atoms with Gasteiger partial charge in [-0.3, -0.25) is 9.59 Å². The molecule has 0 bridgehead atoms. The van der Waals surface area contributed by atoms with Crippen LogP contribution in [0.25, 0.3) is 5.69 Å². The molecule has 1 amide bonds. The fourth-order valence-corrected chi connectivity index (χ4v) is 3.41. The summed E-state index contributed by atoms with van der Waals surface area (Å²) in [5.41, 5.74) is 1.68. The molecule has 142 valence electrons. The minimum absolute atomic E-state index is 0.0575. The molecule has 7 heteroatoms. The van der Waals surface area contributed by atoms with Crippen molar-refractivity contribution in [2.75, 3.05) is 13.1 Å². The van der Waals surface area contributed by atoms with Crippen molar-refractivity contribution in [2.24, 2.45) is 5.92 Å². The van der Waals surface area contributed by atoms with E-state index in [1.165, 1.54) is 23.1 Å². The SMILES string of the molecule is O=C(c1ccc(O)cc1)C1CCN(C(=O)c2cnn(-c3ccccc3)n2)CC1. The topological polar surface area (TPSA) is 88.3 Å². The number of carbonyl (C=O) groups is 2. The summed E-state index contributed by atoms with van der Waals surface area (Å²) < 4.78 is 0. The largest absolute Gasteiger partial charge is 0.508 e. The van der Waals surface area contributed by atoms with Crippen LogP contribution >= 0.6 is 0 Å². The molecular weight excluding hydrogens is 356 g/mol. The van der Waals surface area contributed by atoms with Crippen molar-refractivity contribution >= 4 is 11.7 Å². The fraction of sp³-hybridized carbons (Fsp3) is 0.238. The number of aromatic hydroxyl groups is 1. The van der Waals surface area contributed by atoms with Crippen LogP contribution < -0.4 is 0 Å². The van der Waals surface area contributed by atoms with Gasteiger partial charge in [-0.05, 0) is 49.2 Å². The predicted molar refractivity (Wildman–Crippen MR) is 102 cm³/mol. The lowest BCUT2D eigenvalue weighted by atomic mass is 9.89. The number of para-hydroxylation sites is 1. The first kappa shape index (κ1) is 17.9. The molecule has 1 fully saturated rings. The van der Waals surface area contributed by atoms with Gasteiger partial charge >= 0.3 is 0 Å². The number of rotatable bonds is 4. The number of phenolic OH excluding ortho intramolecular Hbond substituents is 1. The lowest BCUT2D eigenvalue weighted by Gasteiger charge is -2.30. The van der Waals surface area contributed by atoms with E-state index in [1.807, 2.05) is 30.3 Å². The first-order valence-corrected chi connectivity index (χ1v) is 9.22. The number of amides is 1. The molecule has 0 atom stereocenters. The number of likely N-dealkylation sites (tertiary alicyclic amines) is 1. The second kappa shape index (κ2) is 7.64. The van der Waals surface area contributed by atoms with E-state index in [0.29, 0.717) is 37.2 Å². The number of nitrogens with zero attached hydrogens (tertiary/aromatic N) is 4. The Hall–Kier alpha value is -3.48. The molecule has 1 aromatic heterocycles. The molecule has 1 aliphatic rings. The molecule has 2 aromatic carbocycles. The summed E-state index contributed by atoms with van der Waals surface area (Å²) in [6, 6.07) is 15.7. The minimum atomic E-state index is -0.169. The highest BCUT2D eigenvalue weighted by molar-refractivity contribution is 5.98. The average molecular weight is 376 g/mol. The van der Waals surface area contributed by atoms with Crippen LogP contribution in [0.1, 0.15) is 33.7 Å². The minimum Gasteiger partial charge on any atom is -0.508 e. The zero-order valence-corrected chi connectivity index (χ0v) is 15.2. The van der Waals surface area contributed by atoms with Crippen LogP contribution in [0.3, 0.4) is 0 Å². The van der Waals surface area contributed by atoms with Gasteiger partial charge in [0, 0.05) is 24.6 Å². The van der Waals surface area contributed by atoms with Crippen molar-refractivity contribution in [1.29, 1.82) is 0 Å². The Morgan fingerprint density at radius 2 is 1.64 bits per heavy atom. The van der Waals surface area contributed by atoms with E-state index in [-0.39, 0.29) is 23.4 Å². The zero-order chi connectivity index (χ0) is 19.5. The summed E-state index contributed by atoms with van der Waals surface area (Å²) >= 11 is 0. The summed E-state index contributed by atoms with van der Waals surface area (Å²) in [6.07, 6.45) is 2.69. The summed E-state index contributed by atoms with van der Waals surface area (Å²) in [4.78, 5) is 28.5. The van der Waals surface area contributed by atoms with Crippen molar-refractivity contribution in [2.45, 2.75) is 12.8 Å². The van der Waals surface area contributed by atoms with E-state index in [9.17, 15) is 14.7 Å². The molecule has 4 rings (SSSR count). The quantitative estimate of drug-likeness (QED) is 0.708. The molecule has 0 aliphatic carbocycles. The monoisotopic (exact) mass is 376 g/mol. The van der Waals surface area contributed by atoms with Gasteiger partial charge in [0.1, 0.15) is 5.75 Å². The van der Waals surface area contributed by atoms with E-state index in [4.69, 9.17) is 0 Å². The van der Waals surface area contributed by atoms with Crippen LogP contribution in [0.4, 0.5) is 0 Å². The number of hydrogen-bond acceptors (Lipinski definition) is 5. The Morgan fingerprint density at radius 1 is 0.964 bits per heavy atom. The first-order valence-electron chi connectivity index (χ1n) is 9.22. The highest BCUT2D eigenvalue weighted by Crippen LogP contribution is 2.23. The summed E-state index contributed by atoms with van der Waals surface area (Å²) in [5, 5.41) is 17.8. The maximum absolute atomic E-state index is 12.7. The lowest BCUT2D eigenvalue weighted by Crippen LogP contribution is -2.40. The number of carbonyl (C=O) groups excluding carboxylic acids is 2. The molecule has 0 saturated carbocycles. The third-order valence-corrected chi connectivity index (χ3v) is 5.00. The molecule has 7 nitrogen and oxygen atoms in total. The van der Waals surface area contributed by atoms with Gasteiger partial charge in [0.25, 0.3) is 5.91 Å². The molecule has 3 aromatic rings. The Balaban J connectivity index is 1.38. The van der Waals surface area contributed by atoms with Crippen molar-refractivity contribution in [3.63, 3.8) is 0 Å². The van der Waals surface area contributed by atoms with Crippen LogP contribution in [0.15, 0.2) is 60.8 Å². The zero-order valence-electron chi connectivity index (χ0n) is 15.2. The number of ketones is 1. The molecule has 0 spiro atoms. The number of aromatic nitrogens is 3. The van der Waals surface area contributed by atoms with Crippen LogP contribution in [-0.2, 0) is 0 Å². The average Bonchev–Trinajstić information content (AvgIpc) is 3.24. The molecule has 28 heavy (non-hydrogen) atoms. The summed E-state index contributed by atoms with van der Waals surface area (Å²) in [6.45, 7) is 1.01. The maximum atomic E-state index is 12.7. The van der Waals surface area contributed by atoms with E-state index in [2.05, 4.69) is 10.2 Å². The number of hydrogen-bond donors (Lipinski definition) is 1. The number of Topliss-reactive ketones (excluding diaryl/α,β-unsaturated/α-hetero) is 1. The normalized spacial score (nSPS) is 14.8. The number of benzene rings is 2. The summed E-state index contributed by atoms with van der Waals surface area (Å²) in [7, 11) is 0. The first-order chi connectivity index (χ1) is 13.6. The second-order valence-corrected chi connectivity index (χ2v) is 6.83. The van der Waals surface area contributed by atoms with Gasteiger partial charge in [-0.25, -0.2) is 0 Å². The van der Waals surface area contributed by atoms with Gasteiger partial charge < -0.3 is 10.0 Å². The molecule has 1 aliphatic heterocycles. The second-order valence-electron chi connectivity index (χ2n) is 6.83. The fourth-order valence-electron chi connectivity index (χ4n) is 3.41. The van der Waals surface area contributed by atoms with Crippen LogP contribution in [0.5, 0.6) is 5.75 Å². The van der Waals surface area contributed by atoms with Crippen molar-refractivity contribution in [3.8, 4) is 11.4 Å². The lowest BCUT2D eigenvalue weighted by molar-refractivity contribution is 0.0645. The van der Waals surface area contributed by atoms with Gasteiger partial charge in [0.2, 0.25) is 0 Å². The van der Waals surface area contributed by atoms with Crippen molar-refractivity contribution < 1.29 is 14.7 Å².